The molecule has 0 amide bonds. The molecule has 4 heterocycles. The van der Waals surface area contributed by atoms with Gasteiger partial charge in [-0.25, -0.2) is 4.98 Å². The van der Waals surface area contributed by atoms with Crippen molar-refractivity contribution in [2.45, 2.75) is 18.8 Å². The fraction of sp³-hybridized carbons (Fsp3) is 0.200. The van der Waals surface area contributed by atoms with E-state index >= 15 is 0 Å². The number of hydrogen-bond acceptors (Lipinski definition) is 7. The number of aliphatic carboxylic acids is 1. The molecule has 0 bridgehead atoms. The van der Waals surface area contributed by atoms with Crippen molar-refractivity contribution < 1.29 is 14.6 Å². The number of allylic oxidation sites excluding steroid dienone is 3. The fourth-order valence-electron chi connectivity index (χ4n) is 4.19. The number of aromatic amines is 1. The Bertz CT molecular complexity index is 1310. The first-order valence-electron chi connectivity index (χ1n) is 11.0. The van der Waals surface area contributed by atoms with Gasteiger partial charge in [0.2, 0.25) is 0 Å². The average molecular weight is 476 g/mol. The van der Waals surface area contributed by atoms with Gasteiger partial charge in [-0.2, -0.15) is 0 Å². The Hall–Kier alpha value is -3.85. The van der Waals surface area contributed by atoms with Crippen LogP contribution in [-0.4, -0.2) is 39.0 Å². The van der Waals surface area contributed by atoms with Gasteiger partial charge in [-0.1, -0.05) is 6.07 Å². The summed E-state index contributed by atoms with van der Waals surface area (Å²) in [5, 5.41) is 13.6. The minimum absolute atomic E-state index is 0.00785. The number of nitrogens with zero attached hydrogens (tertiary/aromatic N) is 2. The van der Waals surface area contributed by atoms with Gasteiger partial charge in [-0.3, -0.25) is 9.10 Å². The van der Waals surface area contributed by atoms with Crippen LogP contribution in [0.15, 0.2) is 78.4 Å². The third-order valence-corrected chi connectivity index (χ3v) is 6.61. The van der Waals surface area contributed by atoms with Crippen molar-refractivity contribution >= 4 is 34.8 Å². The van der Waals surface area contributed by atoms with E-state index in [1.165, 1.54) is 12.1 Å². The van der Waals surface area contributed by atoms with Crippen LogP contribution in [0.25, 0.3) is 10.9 Å². The normalized spacial score (nSPS) is 15.4. The molecule has 3 aromatic rings. The zero-order chi connectivity index (χ0) is 23.5. The Morgan fingerprint density at radius 3 is 3.09 bits per heavy atom. The molecule has 2 aliphatic rings. The third-order valence-electron chi connectivity index (χ3n) is 5.86. The van der Waals surface area contributed by atoms with Crippen molar-refractivity contribution in [3.63, 3.8) is 0 Å². The highest BCUT2D eigenvalue weighted by molar-refractivity contribution is 7.95. The van der Waals surface area contributed by atoms with Crippen molar-refractivity contribution in [3.05, 3.63) is 89.7 Å². The van der Waals surface area contributed by atoms with E-state index in [-0.39, 0.29) is 12.3 Å². The molecule has 174 valence electrons. The van der Waals surface area contributed by atoms with Crippen LogP contribution in [0, 0.1) is 0 Å². The van der Waals surface area contributed by atoms with Crippen molar-refractivity contribution in [1.82, 2.24) is 19.0 Å². The van der Waals surface area contributed by atoms with Crippen molar-refractivity contribution in [2.75, 3.05) is 19.0 Å². The number of aromatic nitrogens is 2. The lowest BCUT2D eigenvalue weighted by Crippen LogP contribution is -2.13. The van der Waals surface area contributed by atoms with Crippen LogP contribution < -0.4 is 14.8 Å². The number of carboxylic acid groups (broad SMARTS) is 1. The van der Waals surface area contributed by atoms with Crippen LogP contribution in [0.4, 0.5) is 5.82 Å². The SMILES string of the molecule is CNc1cccc(CCOc2ccc3c(C(CC(=O)O)C4=CC5=CNSN5C=C4)c[nH]c3c2)n1. The van der Waals surface area contributed by atoms with Crippen LogP contribution in [0.5, 0.6) is 5.75 Å². The summed E-state index contributed by atoms with van der Waals surface area (Å²) < 4.78 is 11.1. The Morgan fingerprint density at radius 2 is 2.24 bits per heavy atom. The van der Waals surface area contributed by atoms with Crippen molar-refractivity contribution in [1.29, 1.82) is 0 Å². The largest absolute Gasteiger partial charge is 0.493 e. The molecule has 2 aliphatic heterocycles. The highest BCUT2D eigenvalue weighted by atomic mass is 32.2. The van der Waals surface area contributed by atoms with Gasteiger partial charge in [0.1, 0.15) is 11.6 Å². The molecule has 0 fully saturated rings. The van der Waals surface area contributed by atoms with E-state index in [1.54, 1.807) is 0 Å². The van der Waals surface area contributed by atoms with Gasteiger partial charge in [0.25, 0.3) is 0 Å². The Kier molecular flexibility index (Phi) is 6.18. The first kappa shape index (κ1) is 22.0. The molecule has 0 radical (unpaired) electrons. The van der Waals surface area contributed by atoms with Crippen LogP contribution in [0.3, 0.4) is 0 Å². The van der Waals surface area contributed by atoms with Crippen LogP contribution in [0.2, 0.25) is 0 Å². The van der Waals surface area contributed by atoms with Gasteiger partial charge in [-0.15, -0.1) is 0 Å². The number of hydrogen-bond donors (Lipinski definition) is 4. The maximum absolute atomic E-state index is 11.7. The second kappa shape index (κ2) is 9.56. The molecule has 0 spiro atoms. The molecule has 0 saturated heterocycles. The fourth-order valence-corrected chi connectivity index (χ4v) is 4.81. The van der Waals surface area contributed by atoms with E-state index in [9.17, 15) is 9.90 Å². The number of fused-ring (bicyclic) bond motifs is 2. The molecule has 2 aromatic heterocycles. The minimum Gasteiger partial charge on any atom is -0.493 e. The number of rotatable bonds is 9. The smallest absolute Gasteiger partial charge is 0.304 e. The standard InChI is InChI=1S/C25H25N5O3S/c1-26-24-4-2-3-17(29-24)8-10-33-19-5-6-20-22(15-27-23(20)12-19)21(13-25(31)32)16-7-9-30-18(11-16)14-28-34-30/h2-7,9,11-12,14-15,21,27-28H,8,10,13H2,1H3,(H,26,29)(H,31,32). The lowest BCUT2D eigenvalue weighted by atomic mass is 9.86. The topological polar surface area (TPSA) is 103 Å². The van der Waals surface area contributed by atoms with E-state index < -0.39 is 5.97 Å². The minimum atomic E-state index is -0.833. The number of anilines is 1. The number of carboxylic acids is 1. The molecule has 9 heteroatoms. The van der Waals surface area contributed by atoms with Gasteiger partial charge >= 0.3 is 5.97 Å². The second-order valence-corrected chi connectivity index (χ2v) is 8.84. The summed E-state index contributed by atoms with van der Waals surface area (Å²) in [5.41, 5.74) is 4.80. The summed E-state index contributed by atoms with van der Waals surface area (Å²) in [6.45, 7) is 0.510. The van der Waals surface area contributed by atoms with Gasteiger partial charge in [-0.05, 0) is 47.6 Å². The summed E-state index contributed by atoms with van der Waals surface area (Å²) in [4.78, 5) is 19.5. The molecule has 8 nitrogen and oxygen atoms in total. The van der Waals surface area contributed by atoms with E-state index in [2.05, 4.69) is 20.0 Å². The number of benzene rings is 1. The lowest BCUT2D eigenvalue weighted by Gasteiger charge is -2.22. The number of H-pyrrole nitrogens is 1. The molecule has 34 heavy (non-hydrogen) atoms. The monoisotopic (exact) mass is 475 g/mol. The number of nitrogens with one attached hydrogen (secondary N) is 3. The van der Waals surface area contributed by atoms with Gasteiger partial charge < -0.3 is 24.9 Å². The quantitative estimate of drug-likeness (QED) is 0.335. The van der Waals surface area contributed by atoms with Crippen LogP contribution >= 0.6 is 12.1 Å². The van der Waals surface area contributed by atoms with Crippen LogP contribution in [-0.2, 0) is 11.2 Å². The molecule has 1 atom stereocenters. The van der Waals surface area contributed by atoms with Crippen molar-refractivity contribution in [2.24, 2.45) is 0 Å². The zero-order valence-electron chi connectivity index (χ0n) is 18.6. The first-order valence-corrected chi connectivity index (χ1v) is 11.8. The molecule has 1 aromatic carbocycles. The lowest BCUT2D eigenvalue weighted by molar-refractivity contribution is -0.137. The van der Waals surface area contributed by atoms with Crippen molar-refractivity contribution in [3.8, 4) is 5.75 Å². The van der Waals surface area contributed by atoms with E-state index in [4.69, 9.17) is 4.74 Å². The highest BCUT2D eigenvalue weighted by Crippen LogP contribution is 2.39. The van der Waals surface area contributed by atoms with Gasteiger partial charge in [0.05, 0.1) is 30.9 Å². The molecular weight excluding hydrogens is 450 g/mol. The summed E-state index contributed by atoms with van der Waals surface area (Å²) in [5.74, 6) is 0.490. The van der Waals surface area contributed by atoms with Gasteiger partial charge in [0, 0.05) is 60.6 Å². The first-order chi connectivity index (χ1) is 16.6. The summed E-state index contributed by atoms with van der Waals surface area (Å²) in [6.07, 6.45) is 10.5. The number of carbonyl (C=O) groups is 1. The molecular formula is C25H25N5O3S. The van der Waals surface area contributed by atoms with E-state index in [0.29, 0.717) is 13.0 Å². The molecule has 0 aliphatic carbocycles. The third kappa shape index (κ3) is 4.60. The van der Waals surface area contributed by atoms with E-state index in [0.717, 1.165) is 45.0 Å². The Balaban J connectivity index is 1.34. The predicted octanol–water partition coefficient (Wildman–Crippen LogP) is 4.55. The Labute approximate surface area is 201 Å². The van der Waals surface area contributed by atoms with E-state index in [1.807, 2.05) is 78.5 Å². The maximum atomic E-state index is 11.7. The zero-order valence-corrected chi connectivity index (χ0v) is 19.4. The Morgan fingerprint density at radius 1 is 1.32 bits per heavy atom. The highest BCUT2D eigenvalue weighted by Gasteiger charge is 2.26. The summed E-state index contributed by atoms with van der Waals surface area (Å²) in [6, 6.07) is 11.8. The number of ether oxygens (including phenoxy) is 1. The predicted molar refractivity (Wildman–Crippen MR) is 134 cm³/mol. The maximum Gasteiger partial charge on any atom is 0.304 e. The molecule has 1 unspecified atom stereocenters. The van der Waals surface area contributed by atoms with Crippen LogP contribution in [0.1, 0.15) is 23.6 Å². The number of pyridine rings is 1. The molecule has 0 saturated carbocycles. The molecule has 4 N–H and O–H groups in total. The molecule has 5 rings (SSSR count). The summed E-state index contributed by atoms with van der Waals surface area (Å²) in [7, 11) is 1.85. The van der Waals surface area contributed by atoms with Gasteiger partial charge in [0.15, 0.2) is 0 Å². The summed E-state index contributed by atoms with van der Waals surface area (Å²) >= 11 is 1.48. The average Bonchev–Trinajstić information content (AvgIpc) is 3.49. The second-order valence-electron chi connectivity index (χ2n) is 8.03.